The molecule has 0 saturated carbocycles. The zero-order valence-electron chi connectivity index (χ0n) is 8.70. The quantitative estimate of drug-likeness (QED) is 0.714. The van der Waals surface area contributed by atoms with Gasteiger partial charge in [0.05, 0.1) is 6.54 Å². The van der Waals surface area contributed by atoms with Gasteiger partial charge in [-0.25, -0.2) is 0 Å². The van der Waals surface area contributed by atoms with Crippen LogP contribution in [-0.4, -0.2) is 17.0 Å². The fraction of sp³-hybridized carbons (Fsp3) is 0.667. The average molecular weight is 191 g/mol. The number of rotatable bonds is 2. The molecule has 0 spiro atoms. The summed E-state index contributed by atoms with van der Waals surface area (Å²) in [5.74, 6) is 2.17. The summed E-state index contributed by atoms with van der Waals surface area (Å²) in [4.78, 5) is 2.64. The summed E-state index contributed by atoms with van der Waals surface area (Å²) >= 11 is 0. The van der Waals surface area contributed by atoms with E-state index in [2.05, 4.69) is 17.0 Å². The first-order valence-electron chi connectivity index (χ1n) is 5.64. The van der Waals surface area contributed by atoms with E-state index in [0.29, 0.717) is 0 Å². The maximum absolute atomic E-state index is 5.63. The van der Waals surface area contributed by atoms with Crippen LogP contribution >= 0.6 is 0 Å². The molecule has 0 N–H and O–H groups in total. The first kappa shape index (κ1) is 8.54. The van der Waals surface area contributed by atoms with Crippen LogP contribution in [0.2, 0.25) is 0 Å². The van der Waals surface area contributed by atoms with Gasteiger partial charge in [-0.15, -0.1) is 0 Å². The van der Waals surface area contributed by atoms with Gasteiger partial charge >= 0.3 is 0 Å². The van der Waals surface area contributed by atoms with Gasteiger partial charge in [-0.1, -0.05) is 0 Å². The number of aryl methyl sites for hydroxylation is 1. The van der Waals surface area contributed by atoms with Crippen molar-refractivity contribution in [1.82, 2.24) is 4.90 Å². The molecule has 76 valence electrons. The molecular weight excluding hydrogens is 174 g/mol. The predicted octanol–water partition coefficient (Wildman–Crippen LogP) is 2.71. The van der Waals surface area contributed by atoms with E-state index in [1.807, 2.05) is 6.92 Å². The van der Waals surface area contributed by atoms with E-state index >= 15 is 0 Å². The van der Waals surface area contributed by atoms with Crippen molar-refractivity contribution in [3.63, 3.8) is 0 Å². The Balaban J connectivity index is 1.73. The summed E-state index contributed by atoms with van der Waals surface area (Å²) in [7, 11) is 0. The third kappa shape index (κ3) is 1.29. The van der Waals surface area contributed by atoms with Gasteiger partial charge in [0, 0.05) is 12.1 Å². The summed E-state index contributed by atoms with van der Waals surface area (Å²) < 4.78 is 5.63. The van der Waals surface area contributed by atoms with E-state index in [-0.39, 0.29) is 0 Å². The Morgan fingerprint density at radius 2 is 1.86 bits per heavy atom. The van der Waals surface area contributed by atoms with Crippen molar-refractivity contribution < 1.29 is 4.42 Å². The zero-order valence-corrected chi connectivity index (χ0v) is 8.70. The van der Waals surface area contributed by atoms with Gasteiger partial charge in [0.25, 0.3) is 0 Å². The van der Waals surface area contributed by atoms with Crippen LogP contribution in [0, 0.1) is 6.92 Å². The molecule has 2 bridgehead atoms. The van der Waals surface area contributed by atoms with Crippen LogP contribution in [0.25, 0.3) is 0 Å². The molecule has 2 heteroatoms. The molecule has 0 aromatic carbocycles. The van der Waals surface area contributed by atoms with Crippen LogP contribution in [0.3, 0.4) is 0 Å². The molecule has 1 aromatic rings. The topological polar surface area (TPSA) is 16.4 Å². The van der Waals surface area contributed by atoms with E-state index in [1.54, 1.807) is 0 Å². The third-order valence-electron chi connectivity index (χ3n) is 3.74. The molecule has 2 saturated heterocycles. The highest BCUT2D eigenvalue weighted by molar-refractivity contribution is 5.07. The second-order valence-electron chi connectivity index (χ2n) is 4.65. The average Bonchev–Trinajstić information content (AvgIpc) is 2.85. The van der Waals surface area contributed by atoms with E-state index in [4.69, 9.17) is 4.42 Å². The minimum atomic E-state index is 0.852. The summed E-state index contributed by atoms with van der Waals surface area (Å²) in [6.07, 6.45) is 5.63. The van der Waals surface area contributed by atoms with Crippen molar-refractivity contribution in [1.29, 1.82) is 0 Å². The summed E-state index contributed by atoms with van der Waals surface area (Å²) in [5.41, 5.74) is 0. The third-order valence-corrected chi connectivity index (χ3v) is 3.74. The summed E-state index contributed by atoms with van der Waals surface area (Å²) in [6.45, 7) is 3.05. The highest BCUT2D eigenvalue weighted by atomic mass is 16.3. The second kappa shape index (κ2) is 3.13. The van der Waals surface area contributed by atoms with Crippen LogP contribution in [-0.2, 0) is 6.54 Å². The molecule has 3 heterocycles. The first-order chi connectivity index (χ1) is 6.83. The van der Waals surface area contributed by atoms with Gasteiger partial charge in [0.15, 0.2) is 0 Å². The largest absolute Gasteiger partial charge is 0.465 e. The SMILES string of the molecule is Cc1ccc(CN2C3CCC2CC3)o1. The molecule has 0 atom stereocenters. The number of furan rings is 1. The van der Waals surface area contributed by atoms with Gasteiger partial charge in [0.2, 0.25) is 0 Å². The summed E-state index contributed by atoms with van der Waals surface area (Å²) in [5, 5.41) is 0. The normalized spacial score (nSPS) is 31.5. The molecule has 2 aliphatic rings. The molecule has 14 heavy (non-hydrogen) atoms. The van der Waals surface area contributed by atoms with Gasteiger partial charge in [-0.3, -0.25) is 4.90 Å². The minimum absolute atomic E-state index is 0.852. The Morgan fingerprint density at radius 3 is 2.36 bits per heavy atom. The predicted molar refractivity (Wildman–Crippen MR) is 55.0 cm³/mol. The Hall–Kier alpha value is -0.760. The lowest BCUT2D eigenvalue weighted by atomic mass is 10.0. The number of fused-ring (bicyclic) bond motifs is 2. The Morgan fingerprint density at radius 1 is 1.21 bits per heavy atom. The fourth-order valence-corrected chi connectivity index (χ4v) is 3.03. The van der Waals surface area contributed by atoms with Crippen molar-refractivity contribution in [3.05, 3.63) is 23.7 Å². The van der Waals surface area contributed by atoms with Gasteiger partial charge in [-0.05, 0) is 44.7 Å². The zero-order chi connectivity index (χ0) is 9.54. The number of hydrogen-bond acceptors (Lipinski definition) is 2. The lowest BCUT2D eigenvalue weighted by Crippen LogP contribution is -2.27. The van der Waals surface area contributed by atoms with E-state index < -0.39 is 0 Å². The molecule has 1 aromatic heterocycles. The lowest BCUT2D eigenvalue weighted by Gasteiger charge is -2.19. The van der Waals surface area contributed by atoms with E-state index in [1.165, 1.54) is 25.7 Å². The van der Waals surface area contributed by atoms with Gasteiger partial charge in [0.1, 0.15) is 11.5 Å². The maximum Gasteiger partial charge on any atom is 0.118 e. The molecule has 0 unspecified atom stereocenters. The van der Waals surface area contributed by atoms with Crippen LogP contribution in [0.15, 0.2) is 16.5 Å². The molecular formula is C12H17NO. The molecule has 2 nitrogen and oxygen atoms in total. The second-order valence-corrected chi connectivity index (χ2v) is 4.65. The van der Waals surface area contributed by atoms with E-state index in [0.717, 1.165) is 30.1 Å². The monoisotopic (exact) mass is 191 g/mol. The van der Waals surface area contributed by atoms with Crippen molar-refractivity contribution in [2.24, 2.45) is 0 Å². The number of nitrogens with zero attached hydrogens (tertiary/aromatic N) is 1. The number of hydrogen-bond donors (Lipinski definition) is 0. The molecule has 0 aliphatic carbocycles. The van der Waals surface area contributed by atoms with Crippen LogP contribution in [0.4, 0.5) is 0 Å². The highest BCUT2D eigenvalue weighted by Crippen LogP contribution is 2.38. The van der Waals surface area contributed by atoms with Crippen molar-refractivity contribution >= 4 is 0 Å². The Kier molecular flexibility index (Phi) is 1.91. The van der Waals surface area contributed by atoms with Crippen molar-refractivity contribution in [2.45, 2.75) is 51.2 Å². The van der Waals surface area contributed by atoms with Crippen LogP contribution in [0.5, 0.6) is 0 Å². The van der Waals surface area contributed by atoms with Crippen LogP contribution in [0.1, 0.15) is 37.2 Å². The molecule has 2 fully saturated rings. The van der Waals surface area contributed by atoms with Crippen LogP contribution < -0.4 is 0 Å². The standard InChI is InChI=1S/C12H17NO/c1-9-2-7-12(14-9)8-13-10-3-4-11(13)6-5-10/h2,7,10-11H,3-6,8H2,1H3. The lowest BCUT2D eigenvalue weighted by molar-refractivity contribution is 0.222. The van der Waals surface area contributed by atoms with Gasteiger partial charge in [-0.2, -0.15) is 0 Å². The highest BCUT2D eigenvalue weighted by Gasteiger charge is 2.39. The maximum atomic E-state index is 5.63. The van der Waals surface area contributed by atoms with Crippen molar-refractivity contribution in [2.75, 3.05) is 0 Å². The fourth-order valence-electron chi connectivity index (χ4n) is 3.03. The molecule has 0 radical (unpaired) electrons. The summed E-state index contributed by atoms with van der Waals surface area (Å²) in [6, 6.07) is 5.89. The Bertz CT molecular complexity index is 311. The first-order valence-corrected chi connectivity index (χ1v) is 5.64. The molecule has 3 rings (SSSR count). The molecule has 0 amide bonds. The smallest absolute Gasteiger partial charge is 0.118 e. The van der Waals surface area contributed by atoms with Gasteiger partial charge < -0.3 is 4.42 Å². The Labute approximate surface area is 84.9 Å². The molecule has 2 aliphatic heterocycles. The van der Waals surface area contributed by atoms with E-state index in [9.17, 15) is 0 Å². The minimum Gasteiger partial charge on any atom is -0.465 e. The van der Waals surface area contributed by atoms with Crippen molar-refractivity contribution in [3.8, 4) is 0 Å².